The zero-order valence-electron chi connectivity index (χ0n) is 15.2. The van der Waals surface area contributed by atoms with E-state index in [4.69, 9.17) is 0 Å². The Labute approximate surface area is 165 Å². The Morgan fingerprint density at radius 3 is 2.46 bits per heavy atom. The average Bonchev–Trinajstić information content (AvgIpc) is 3.34. The minimum Gasteiger partial charge on any atom is -0.385 e. The van der Waals surface area contributed by atoms with E-state index in [2.05, 4.69) is 24.8 Å². The Hall–Kier alpha value is -1.78. The first-order valence-electron chi connectivity index (χ1n) is 9.38. The predicted molar refractivity (Wildman–Crippen MR) is 99.1 cm³/mol. The molecule has 0 amide bonds. The molecule has 6 nitrogen and oxygen atoms in total. The van der Waals surface area contributed by atoms with E-state index in [-0.39, 0.29) is 12.1 Å². The summed E-state index contributed by atoms with van der Waals surface area (Å²) in [5.74, 6) is 0.366. The molecule has 2 fully saturated rings. The Morgan fingerprint density at radius 1 is 1.14 bits per heavy atom. The van der Waals surface area contributed by atoms with Crippen molar-refractivity contribution in [3.8, 4) is 0 Å². The summed E-state index contributed by atoms with van der Waals surface area (Å²) in [5, 5.41) is 12.1. The van der Waals surface area contributed by atoms with E-state index in [1.54, 1.807) is 5.51 Å². The lowest BCUT2D eigenvalue weighted by atomic mass is 10.0. The average molecular weight is 413 g/mol. The number of likely N-dealkylation sites (tertiary alicyclic amines) is 1. The highest BCUT2D eigenvalue weighted by Gasteiger charge is 2.39. The van der Waals surface area contributed by atoms with Crippen molar-refractivity contribution in [3.05, 3.63) is 34.7 Å². The molecule has 2 aromatic heterocycles. The number of hydrogen-bond donors (Lipinski definition) is 1. The van der Waals surface area contributed by atoms with E-state index in [1.165, 1.54) is 11.3 Å². The van der Waals surface area contributed by atoms with E-state index in [0.717, 1.165) is 51.2 Å². The number of piperidine rings is 1. The van der Waals surface area contributed by atoms with Gasteiger partial charge in [0.15, 0.2) is 0 Å². The summed E-state index contributed by atoms with van der Waals surface area (Å²) in [4.78, 5) is 15.9. The van der Waals surface area contributed by atoms with Gasteiger partial charge >= 0.3 is 6.18 Å². The van der Waals surface area contributed by atoms with Gasteiger partial charge in [0.2, 0.25) is 0 Å². The van der Waals surface area contributed by atoms with Gasteiger partial charge in [-0.2, -0.15) is 13.2 Å². The molecule has 0 bridgehead atoms. The van der Waals surface area contributed by atoms with Crippen LogP contribution in [0, 0.1) is 0 Å². The second kappa shape index (κ2) is 7.92. The van der Waals surface area contributed by atoms with Crippen LogP contribution in [0.4, 0.5) is 19.0 Å². The number of aliphatic hydroxyl groups excluding tert-OH is 1. The molecule has 1 aliphatic carbocycles. The molecular weight excluding hydrogens is 391 g/mol. The fraction of sp³-hybridized carbons (Fsp3) is 0.611. The van der Waals surface area contributed by atoms with Crippen molar-refractivity contribution in [3.63, 3.8) is 0 Å². The summed E-state index contributed by atoms with van der Waals surface area (Å²) in [6, 6.07) is 1.47. The predicted octanol–water partition coefficient (Wildman–Crippen LogP) is 3.12. The molecule has 1 N–H and O–H groups in total. The zero-order chi connectivity index (χ0) is 19.7. The number of halogens is 3. The number of aliphatic hydroxyl groups is 1. The Morgan fingerprint density at radius 2 is 1.86 bits per heavy atom. The second-order valence-electron chi connectivity index (χ2n) is 7.36. The largest absolute Gasteiger partial charge is 0.433 e. The van der Waals surface area contributed by atoms with Gasteiger partial charge in [0, 0.05) is 43.2 Å². The van der Waals surface area contributed by atoms with Crippen LogP contribution in [-0.4, -0.2) is 56.7 Å². The van der Waals surface area contributed by atoms with Crippen molar-refractivity contribution in [2.45, 2.75) is 50.0 Å². The first kappa shape index (κ1) is 19.5. The highest BCUT2D eigenvalue weighted by molar-refractivity contribution is 7.07. The maximum Gasteiger partial charge on any atom is 0.433 e. The van der Waals surface area contributed by atoms with Crippen LogP contribution in [0.15, 0.2) is 23.3 Å². The van der Waals surface area contributed by atoms with Gasteiger partial charge in [-0.15, -0.1) is 11.3 Å². The Kier molecular flexibility index (Phi) is 5.52. The fourth-order valence-electron chi connectivity index (χ4n) is 3.77. The smallest absolute Gasteiger partial charge is 0.385 e. The van der Waals surface area contributed by atoms with Gasteiger partial charge in [-0.05, 0) is 25.7 Å². The normalized spacial score (nSPS) is 20.3. The number of β-amino-alcohol motifs (C(OH)–C–C–N with tert-alkyl or cyclic N) is 1. The minimum atomic E-state index is -4.47. The third-order valence-electron chi connectivity index (χ3n) is 5.32. The van der Waals surface area contributed by atoms with Crippen molar-refractivity contribution in [1.29, 1.82) is 0 Å². The molecule has 0 aromatic carbocycles. The summed E-state index contributed by atoms with van der Waals surface area (Å²) in [6.45, 7) is 2.09. The highest BCUT2D eigenvalue weighted by atomic mass is 32.1. The van der Waals surface area contributed by atoms with Gasteiger partial charge in [-0.3, -0.25) is 0 Å². The number of aromatic nitrogens is 3. The van der Waals surface area contributed by atoms with Crippen molar-refractivity contribution in [1.82, 2.24) is 19.9 Å². The SMILES string of the molecule is OC(CN1CCC(N(c2cc(C(F)(F)F)ncn2)C2CC2)CC1)c1cscn1. The highest BCUT2D eigenvalue weighted by Crippen LogP contribution is 2.37. The molecule has 2 aliphatic rings. The summed E-state index contributed by atoms with van der Waals surface area (Å²) in [7, 11) is 0. The first-order chi connectivity index (χ1) is 13.4. The number of alkyl halides is 3. The molecular formula is C18H22F3N5OS. The van der Waals surface area contributed by atoms with Gasteiger partial charge < -0.3 is 14.9 Å². The third kappa shape index (κ3) is 4.44. The zero-order valence-corrected chi connectivity index (χ0v) is 16.0. The molecule has 1 aliphatic heterocycles. The second-order valence-corrected chi connectivity index (χ2v) is 8.08. The van der Waals surface area contributed by atoms with E-state index >= 15 is 0 Å². The molecule has 1 atom stereocenters. The van der Waals surface area contributed by atoms with Crippen molar-refractivity contribution >= 4 is 17.2 Å². The molecule has 3 heterocycles. The van der Waals surface area contributed by atoms with Gasteiger partial charge in [-0.1, -0.05) is 0 Å². The Balaban J connectivity index is 1.41. The lowest BCUT2D eigenvalue weighted by molar-refractivity contribution is -0.141. The van der Waals surface area contributed by atoms with Crippen LogP contribution in [0.3, 0.4) is 0 Å². The van der Waals surface area contributed by atoms with Gasteiger partial charge in [-0.25, -0.2) is 15.0 Å². The molecule has 1 saturated heterocycles. The van der Waals surface area contributed by atoms with Gasteiger partial charge in [0.25, 0.3) is 0 Å². The minimum absolute atomic E-state index is 0.149. The number of rotatable bonds is 6. The lowest BCUT2D eigenvalue weighted by Crippen LogP contribution is -2.47. The maximum absolute atomic E-state index is 13.0. The van der Waals surface area contributed by atoms with E-state index in [0.29, 0.717) is 18.1 Å². The van der Waals surface area contributed by atoms with Crippen LogP contribution in [-0.2, 0) is 6.18 Å². The van der Waals surface area contributed by atoms with Crippen molar-refractivity contribution < 1.29 is 18.3 Å². The van der Waals surface area contributed by atoms with Crippen molar-refractivity contribution in [2.75, 3.05) is 24.5 Å². The molecule has 152 valence electrons. The third-order valence-corrected chi connectivity index (χ3v) is 5.93. The molecule has 2 aromatic rings. The maximum atomic E-state index is 13.0. The monoisotopic (exact) mass is 413 g/mol. The van der Waals surface area contributed by atoms with Crippen LogP contribution in [0.2, 0.25) is 0 Å². The van der Waals surface area contributed by atoms with Crippen LogP contribution in [0.5, 0.6) is 0 Å². The molecule has 0 radical (unpaired) electrons. The van der Waals surface area contributed by atoms with Gasteiger partial charge in [0.1, 0.15) is 23.9 Å². The van der Waals surface area contributed by atoms with E-state index in [9.17, 15) is 18.3 Å². The number of hydrogen-bond acceptors (Lipinski definition) is 7. The number of nitrogens with zero attached hydrogens (tertiary/aromatic N) is 5. The Bertz CT molecular complexity index is 776. The number of anilines is 1. The quantitative estimate of drug-likeness (QED) is 0.785. The molecule has 0 spiro atoms. The summed E-state index contributed by atoms with van der Waals surface area (Å²) in [6.07, 6.45) is -0.465. The summed E-state index contributed by atoms with van der Waals surface area (Å²) < 4.78 is 39.1. The van der Waals surface area contributed by atoms with Crippen LogP contribution < -0.4 is 4.90 Å². The standard InChI is InChI=1S/C18H22F3N5OS/c19-18(20,21)16-7-17(23-10-22-16)26(12-1-2-12)13-3-5-25(6-4-13)8-15(27)14-9-28-11-24-14/h7,9-13,15,27H,1-6,8H2. The van der Waals surface area contributed by atoms with Crippen LogP contribution in [0.25, 0.3) is 0 Å². The van der Waals surface area contributed by atoms with E-state index in [1.807, 2.05) is 5.38 Å². The molecule has 4 rings (SSSR count). The van der Waals surface area contributed by atoms with Crippen molar-refractivity contribution in [2.24, 2.45) is 0 Å². The molecule has 1 unspecified atom stereocenters. The first-order valence-corrected chi connectivity index (χ1v) is 10.3. The molecule has 10 heteroatoms. The summed E-state index contributed by atoms with van der Waals surface area (Å²) in [5.41, 5.74) is 1.49. The molecule has 28 heavy (non-hydrogen) atoms. The molecule has 1 saturated carbocycles. The van der Waals surface area contributed by atoms with Crippen LogP contribution >= 0.6 is 11.3 Å². The fourth-order valence-corrected chi connectivity index (χ4v) is 4.37. The van der Waals surface area contributed by atoms with Gasteiger partial charge in [0.05, 0.1) is 11.2 Å². The van der Waals surface area contributed by atoms with Crippen LogP contribution in [0.1, 0.15) is 43.2 Å². The summed E-state index contributed by atoms with van der Waals surface area (Å²) >= 11 is 1.46. The number of thiazole rings is 1. The topological polar surface area (TPSA) is 65.4 Å². The van der Waals surface area contributed by atoms with E-state index < -0.39 is 18.0 Å². The lowest BCUT2D eigenvalue weighted by Gasteiger charge is -2.40.